The molecule has 4 nitrogen and oxygen atoms in total. The molecule has 0 spiro atoms. The second kappa shape index (κ2) is 7.97. The first-order valence-corrected chi connectivity index (χ1v) is 8.78. The van der Waals surface area contributed by atoms with Gasteiger partial charge in [-0.25, -0.2) is 0 Å². The Morgan fingerprint density at radius 2 is 1.32 bits per heavy atom. The molecule has 0 unspecified atom stereocenters. The molecular formula is C21H22NO3-. The van der Waals surface area contributed by atoms with Gasteiger partial charge in [-0.1, -0.05) is 73.5 Å². The number of carboxylic acids is 1. The minimum atomic E-state index is -1.11. The standard InChI is InChI=1S/C21H23NO3/c23-20(17-13-7-8-14-18(17)21(24)25)22-19(15-9-3-1-4-10-15)16-11-5-2-6-12-16/h1-6,9-12,17-19H,7-8,13-14H2,(H,22,23)(H,24,25)/p-1/t17-,18-/m0/s1. The molecule has 1 aliphatic rings. The van der Waals surface area contributed by atoms with Gasteiger partial charge in [0, 0.05) is 17.8 Å². The van der Waals surface area contributed by atoms with E-state index in [0.29, 0.717) is 12.8 Å². The van der Waals surface area contributed by atoms with Crippen LogP contribution in [0.25, 0.3) is 0 Å². The van der Waals surface area contributed by atoms with Gasteiger partial charge in [-0.2, -0.15) is 0 Å². The fourth-order valence-electron chi connectivity index (χ4n) is 3.63. The quantitative estimate of drug-likeness (QED) is 0.912. The number of hydrogen-bond acceptors (Lipinski definition) is 3. The number of amides is 1. The van der Waals surface area contributed by atoms with Crippen molar-refractivity contribution in [3.05, 3.63) is 71.8 Å². The summed E-state index contributed by atoms with van der Waals surface area (Å²) in [4.78, 5) is 24.3. The Labute approximate surface area is 147 Å². The van der Waals surface area contributed by atoms with E-state index in [1.54, 1.807) is 0 Å². The van der Waals surface area contributed by atoms with Gasteiger partial charge < -0.3 is 15.2 Å². The molecule has 130 valence electrons. The Bertz CT molecular complexity index is 675. The first-order chi connectivity index (χ1) is 12.2. The fourth-order valence-corrected chi connectivity index (χ4v) is 3.63. The number of benzene rings is 2. The molecule has 0 aromatic heterocycles. The topological polar surface area (TPSA) is 69.2 Å². The first kappa shape index (κ1) is 17.2. The van der Waals surface area contributed by atoms with E-state index in [1.165, 1.54) is 0 Å². The molecular weight excluding hydrogens is 314 g/mol. The van der Waals surface area contributed by atoms with Crippen LogP contribution in [0.4, 0.5) is 0 Å². The van der Waals surface area contributed by atoms with E-state index in [4.69, 9.17) is 0 Å². The van der Waals surface area contributed by atoms with E-state index in [1.807, 2.05) is 60.7 Å². The average molecular weight is 336 g/mol. The summed E-state index contributed by atoms with van der Waals surface area (Å²) in [5.41, 5.74) is 1.95. The largest absolute Gasteiger partial charge is 0.550 e. The van der Waals surface area contributed by atoms with Crippen LogP contribution in [0, 0.1) is 11.8 Å². The van der Waals surface area contributed by atoms with Crippen LogP contribution in [-0.2, 0) is 9.59 Å². The molecule has 4 heteroatoms. The zero-order chi connectivity index (χ0) is 17.6. The molecule has 1 fully saturated rings. The highest BCUT2D eigenvalue weighted by Gasteiger charge is 2.33. The summed E-state index contributed by atoms with van der Waals surface area (Å²) >= 11 is 0. The Balaban J connectivity index is 1.85. The smallest absolute Gasteiger partial charge is 0.224 e. The van der Waals surface area contributed by atoms with Gasteiger partial charge in [-0.15, -0.1) is 0 Å². The van der Waals surface area contributed by atoms with E-state index in [-0.39, 0.29) is 11.9 Å². The summed E-state index contributed by atoms with van der Waals surface area (Å²) in [6.07, 6.45) is 2.83. The van der Waals surface area contributed by atoms with E-state index >= 15 is 0 Å². The lowest BCUT2D eigenvalue weighted by Crippen LogP contribution is -2.45. The predicted octanol–water partition coefficient (Wildman–Crippen LogP) is 2.45. The summed E-state index contributed by atoms with van der Waals surface area (Å²) in [5, 5.41) is 14.5. The maximum Gasteiger partial charge on any atom is 0.224 e. The Morgan fingerprint density at radius 3 is 1.80 bits per heavy atom. The molecule has 0 bridgehead atoms. The van der Waals surface area contributed by atoms with Gasteiger partial charge in [0.05, 0.1) is 6.04 Å². The monoisotopic (exact) mass is 336 g/mol. The van der Waals surface area contributed by atoms with Crippen LogP contribution in [0.3, 0.4) is 0 Å². The zero-order valence-electron chi connectivity index (χ0n) is 14.1. The molecule has 1 N–H and O–H groups in total. The molecule has 1 saturated carbocycles. The zero-order valence-corrected chi connectivity index (χ0v) is 14.1. The van der Waals surface area contributed by atoms with Gasteiger partial charge in [0.15, 0.2) is 0 Å². The number of carbonyl (C=O) groups is 2. The third-order valence-corrected chi connectivity index (χ3v) is 4.96. The highest BCUT2D eigenvalue weighted by Crippen LogP contribution is 2.31. The summed E-state index contributed by atoms with van der Waals surface area (Å²) in [6.45, 7) is 0. The highest BCUT2D eigenvalue weighted by atomic mass is 16.4. The minimum Gasteiger partial charge on any atom is -0.550 e. The summed E-state index contributed by atoms with van der Waals surface area (Å²) in [7, 11) is 0. The van der Waals surface area contributed by atoms with Crippen LogP contribution >= 0.6 is 0 Å². The summed E-state index contributed by atoms with van der Waals surface area (Å²) in [6, 6.07) is 19.2. The van der Waals surface area contributed by atoms with Crippen LogP contribution in [-0.4, -0.2) is 11.9 Å². The molecule has 0 aliphatic heterocycles. The van der Waals surface area contributed by atoms with Crippen LogP contribution in [0.15, 0.2) is 60.7 Å². The predicted molar refractivity (Wildman–Crippen MR) is 93.3 cm³/mol. The Kier molecular flexibility index (Phi) is 5.49. The van der Waals surface area contributed by atoms with Gasteiger partial charge in [0.25, 0.3) is 0 Å². The summed E-state index contributed by atoms with van der Waals surface area (Å²) < 4.78 is 0. The molecule has 1 aliphatic carbocycles. The molecule has 3 rings (SSSR count). The third kappa shape index (κ3) is 4.08. The number of carbonyl (C=O) groups excluding carboxylic acids is 2. The lowest BCUT2D eigenvalue weighted by atomic mass is 9.78. The number of aliphatic carboxylic acids is 1. The van der Waals surface area contributed by atoms with Crippen molar-refractivity contribution < 1.29 is 14.7 Å². The molecule has 0 heterocycles. The Hall–Kier alpha value is -2.62. The molecule has 0 saturated heterocycles. The van der Waals surface area contributed by atoms with Crippen molar-refractivity contribution in [2.45, 2.75) is 31.7 Å². The van der Waals surface area contributed by atoms with Gasteiger partial charge in [0.2, 0.25) is 5.91 Å². The van der Waals surface area contributed by atoms with E-state index in [2.05, 4.69) is 5.32 Å². The normalized spacial score (nSPS) is 20.2. The van der Waals surface area contributed by atoms with Gasteiger partial charge in [0.1, 0.15) is 0 Å². The second-order valence-corrected chi connectivity index (χ2v) is 6.58. The maximum absolute atomic E-state index is 12.9. The molecule has 25 heavy (non-hydrogen) atoms. The van der Waals surface area contributed by atoms with Crippen LogP contribution in [0.2, 0.25) is 0 Å². The van der Waals surface area contributed by atoms with Crippen molar-refractivity contribution in [3.63, 3.8) is 0 Å². The van der Waals surface area contributed by atoms with Gasteiger partial charge >= 0.3 is 0 Å². The molecule has 2 atom stereocenters. The number of hydrogen-bond donors (Lipinski definition) is 1. The van der Waals surface area contributed by atoms with Crippen molar-refractivity contribution >= 4 is 11.9 Å². The molecule has 2 aromatic rings. The van der Waals surface area contributed by atoms with Gasteiger partial charge in [-0.05, 0) is 24.0 Å². The Morgan fingerprint density at radius 1 is 0.840 bits per heavy atom. The molecule has 1 amide bonds. The van der Waals surface area contributed by atoms with Gasteiger partial charge in [-0.3, -0.25) is 4.79 Å². The number of rotatable bonds is 5. The molecule has 2 aromatic carbocycles. The molecule has 0 radical (unpaired) electrons. The minimum absolute atomic E-state index is 0.202. The van der Waals surface area contributed by atoms with Crippen LogP contribution in [0.5, 0.6) is 0 Å². The van der Waals surface area contributed by atoms with Crippen molar-refractivity contribution in [3.8, 4) is 0 Å². The lowest BCUT2D eigenvalue weighted by Gasteiger charge is -2.32. The van der Waals surface area contributed by atoms with E-state index in [9.17, 15) is 14.7 Å². The first-order valence-electron chi connectivity index (χ1n) is 8.78. The highest BCUT2D eigenvalue weighted by molar-refractivity contribution is 5.85. The fraction of sp³-hybridized carbons (Fsp3) is 0.333. The van der Waals surface area contributed by atoms with E-state index < -0.39 is 17.8 Å². The lowest BCUT2D eigenvalue weighted by molar-refractivity contribution is -0.314. The third-order valence-electron chi connectivity index (χ3n) is 4.96. The average Bonchev–Trinajstić information content (AvgIpc) is 2.67. The SMILES string of the molecule is O=C([O-])[C@H]1CCCC[C@@H]1C(=O)NC(c1ccccc1)c1ccccc1. The summed E-state index contributed by atoms with van der Waals surface area (Å²) in [5.74, 6) is -2.53. The van der Waals surface area contributed by atoms with Crippen LogP contribution in [0.1, 0.15) is 42.9 Å². The van der Waals surface area contributed by atoms with Crippen molar-refractivity contribution in [2.75, 3.05) is 0 Å². The maximum atomic E-state index is 12.9. The number of carboxylic acid groups (broad SMARTS) is 1. The second-order valence-electron chi connectivity index (χ2n) is 6.58. The van der Waals surface area contributed by atoms with Crippen molar-refractivity contribution in [1.29, 1.82) is 0 Å². The van der Waals surface area contributed by atoms with Crippen molar-refractivity contribution in [1.82, 2.24) is 5.32 Å². The van der Waals surface area contributed by atoms with Crippen LogP contribution < -0.4 is 10.4 Å². The van der Waals surface area contributed by atoms with E-state index in [0.717, 1.165) is 24.0 Å². The number of nitrogens with one attached hydrogen (secondary N) is 1. The van der Waals surface area contributed by atoms with Crippen molar-refractivity contribution in [2.24, 2.45) is 11.8 Å².